The molecule has 1 fully saturated rings. The summed E-state index contributed by atoms with van der Waals surface area (Å²) in [5.74, 6) is -0.136. The molecule has 3 aromatic rings. The van der Waals surface area contributed by atoms with Gasteiger partial charge in [0, 0.05) is 67.1 Å². The lowest BCUT2D eigenvalue weighted by atomic mass is 10.0. The Morgan fingerprint density at radius 3 is 2.59 bits per heavy atom. The number of nitrogens with one attached hydrogen (secondary N) is 4. The number of amides is 3. The Balaban J connectivity index is 1.41. The molecular weight excluding hydrogens is 558 g/mol. The summed E-state index contributed by atoms with van der Waals surface area (Å²) in [7, 11) is 3.93. The maximum Gasteiger partial charge on any atom is 0.260 e. The van der Waals surface area contributed by atoms with Crippen molar-refractivity contribution in [3.8, 4) is 0 Å². The monoisotopic (exact) mass is 599 g/mol. The zero-order valence-corrected chi connectivity index (χ0v) is 25.5. The second kappa shape index (κ2) is 15.5. The number of nitrogens with zero attached hydrogens (tertiary/aromatic N) is 4. The molecule has 0 aliphatic carbocycles. The molecule has 2 aromatic carbocycles. The minimum absolute atomic E-state index is 0.0243. The van der Waals surface area contributed by atoms with Gasteiger partial charge in [-0.15, -0.1) is 0 Å². The Kier molecular flexibility index (Phi) is 11.2. The molecule has 0 bridgehead atoms. The second-order valence-corrected chi connectivity index (χ2v) is 10.9. The number of piperidine rings is 1. The molecule has 1 atom stereocenters. The largest absolute Gasteiger partial charge is 0.380 e. The van der Waals surface area contributed by atoms with Crippen LogP contribution in [-0.4, -0.2) is 83.8 Å². The smallest absolute Gasteiger partial charge is 0.260 e. The number of aromatic nitrogens is 2. The van der Waals surface area contributed by atoms with Crippen molar-refractivity contribution in [1.82, 2.24) is 19.8 Å². The molecule has 232 valence electrons. The van der Waals surface area contributed by atoms with Crippen molar-refractivity contribution in [3.05, 3.63) is 78.0 Å². The van der Waals surface area contributed by atoms with Crippen LogP contribution in [0.3, 0.4) is 0 Å². The molecule has 0 saturated carbocycles. The average Bonchev–Trinajstić information content (AvgIpc) is 3.00. The van der Waals surface area contributed by atoms with Gasteiger partial charge in [0.05, 0.1) is 0 Å². The highest BCUT2D eigenvalue weighted by Crippen LogP contribution is 2.23. The number of likely N-dealkylation sites (tertiary alicyclic amines) is 1. The molecule has 1 aromatic heterocycles. The summed E-state index contributed by atoms with van der Waals surface area (Å²) in [4.78, 5) is 50.1. The lowest BCUT2D eigenvalue weighted by Crippen LogP contribution is -2.44. The van der Waals surface area contributed by atoms with Crippen LogP contribution in [0.1, 0.15) is 46.9 Å². The van der Waals surface area contributed by atoms with E-state index in [4.69, 9.17) is 5.73 Å². The molecule has 12 nitrogen and oxygen atoms in total. The van der Waals surface area contributed by atoms with Crippen molar-refractivity contribution >= 4 is 46.5 Å². The SMILES string of the molecule is CCCNc1nc(Nc2ccc(C(N)=O)cc2)ncc1C(=O)Nc1cccc(NC2CCCN(C(=O)C=CCN(C)C)C2)c1. The first-order valence-corrected chi connectivity index (χ1v) is 14.8. The molecule has 1 aliphatic heterocycles. The molecular formula is C32H41N9O3. The van der Waals surface area contributed by atoms with E-state index in [1.54, 1.807) is 30.3 Å². The van der Waals surface area contributed by atoms with Gasteiger partial charge < -0.3 is 36.8 Å². The van der Waals surface area contributed by atoms with Crippen LogP contribution in [0.2, 0.25) is 0 Å². The van der Waals surface area contributed by atoms with Crippen LogP contribution < -0.4 is 27.0 Å². The van der Waals surface area contributed by atoms with Gasteiger partial charge in [0.15, 0.2) is 0 Å². The molecule has 1 aliphatic rings. The van der Waals surface area contributed by atoms with E-state index in [-0.39, 0.29) is 17.9 Å². The number of carbonyl (C=O) groups is 3. The van der Waals surface area contributed by atoms with E-state index in [1.807, 2.05) is 61.2 Å². The number of benzene rings is 2. The van der Waals surface area contributed by atoms with E-state index in [2.05, 4.69) is 31.2 Å². The van der Waals surface area contributed by atoms with Crippen molar-refractivity contribution in [2.75, 3.05) is 61.5 Å². The lowest BCUT2D eigenvalue weighted by molar-refractivity contribution is -0.127. The normalized spacial score (nSPS) is 14.8. The summed E-state index contributed by atoms with van der Waals surface area (Å²) in [5.41, 5.74) is 8.16. The molecule has 6 N–H and O–H groups in total. The fourth-order valence-electron chi connectivity index (χ4n) is 4.72. The number of hydrogen-bond acceptors (Lipinski definition) is 9. The van der Waals surface area contributed by atoms with Gasteiger partial charge in [0.25, 0.3) is 5.91 Å². The quantitative estimate of drug-likeness (QED) is 0.184. The molecule has 1 unspecified atom stereocenters. The fourth-order valence-corrected chi connectivity index (χ4v) is 4.72. The fraction of sp³-hybridized carbons (Fsp3) is 0.344. The Labute approximate surface area is 258 Å². The van der Waals surface area contributed by atoms with Crippen molar-refractivity contribution in [1.29, 1.82) is 0 Å². The molecule has 12 heteroatoms. The maximum absolute atomic E-state index is 13.3. The lowest BCUT2D eigenvalue weighted by Gasteiger charge is -2.33. The van der Waals surface area contributed by atoms with Gasteiger partial charge in [-0.3, -0.25) is 14.4 Å². The van der Waals surface area contributed by atoms with Gasteiger partial charge in [-0.25, -0.2) is 4.98 Å². The molecule has 2 heterocycles. The number of nitrogens with two attached hydrogens (primary N) is 1. The third kappa shape index (κ3) is 9.27. The number of hydrogen-bond donors (Lipinski definition) is 5. The molecule has 0 spiro atoms. The van der Waals surface area contributed by atoms with E-state index >= 15 is 0 Å². The first-order valence-electron chi connectivity index (χ1n) is 14.8. The van der Waals surface area contributed by atoms with Crippen LogP contribution in [-0.2, 0) is 4.79 Å². The van der Waals surface area contributed by atoms with E-state index in [1.165, 1.54) is 6.20 Å². The number of primary amides is 1. The van der Waals surface area contributed by atoms with E-state index in [9.17, 15) is 14.4 Å². The third-order valence-electron chi connectivity index (χ3n) is 6.96. The maximum atomic E-state index is 13.3. The molecule has 3 amide bonds. The van der Waals surface area contributed by atoms with Crippen molar-refractivity contribution in [2.45, 2.75) is 32.2 Å². The number of anilines is 5. The Bertz CT molecular complexity index is 1470. The van der Waals surface area contributed by atoms with Gasteiger partial charge in [0.1, 0.15) is 11.4 Å². The third-order valence-corrected chi connectivity index (χ3v) is 6.96. The zero-order chi connectivity index (χ0) is 31.5. The standard InChI is InChI=1S/C32H41N9O3/c1-4-16-34-30-27(20-35-32(39-30)38-23-14-12-22(13-15-23)29(33)43)31(44)37-25-9-5-8-24(19-25)36-26-10-6-18-41(21-26)28(42)11-7-17-40(2)3/h5,7-9,11-15,19-20,26,36H,4,6,10,16-18,21H2,1-3H3,(H2,33,43)(H,37,44)(H2,34,35,38,39). The Hall–Kier alpha value is -4.97. The van der Waals surface area contributed by atoms with Crippen LogP contribution in [0.25, 0.3) is 0 Å². The van der Waals surface area contributed by atoms with Crippen molar-refractivity contribution < 1.29 is 14.4 Å². The summed E-state index contributed by atoms with van der Waals surface area (Å²) in [6.45, 7) is 4.72. The van der Waals surface area contributed by atoms with Gasteiger partial charge in [0.2, 0.25) is 17.8 Å². The van der Waals surface area contributed by atoms with Crippen molar-refractivity contribution in [2.24, 2.45) is 5.73 Å². The molecule has 44 heavy (non-hydrogen) atoms. The molecule has 1 saturated heterocycles. The highest BCUT2D eigenvalue weighted by Gasteiger charge is 2.22. The first-order chi connectivity index (χ1) is 21.2. The summed E-state index contributed by atoms with van der Waals surface area (Å²) < 4.78 is 0. The van der Waals surface area contributed by atoms with Crippen LogP contribution >= 0.6 is 0 Å². The number of carbonyl (C=O) groups excluding carboxylic acids is 3. The van der Waals surface area contributed by atoms with Gasteiger partial charge in [-0.1, -0.05) is 19.1 Å². The first kappa shape index (κ1) is 32.0. The van der Waals surface area contributed by atoms with E-state index < -0.39 is 5.91 Å². The predicted molar refractivity (Wildman–Crippen MR) is 174 cm³/mol. The van der Waals surface area contributed by atoms with Crippen LogP contribution in [0.4, 0.5) is 28.8 Å². The van der Waals surface area contributed by atoms with Crippen LogP contribution in [0.15, 0.2) is 66.9 Å². The Morgan fingerprint density at radius 1 is 1.09 bits per heavy atom. The van der Waals surface area contributed by atoms with Gasteiger partial charge >= 0.3 is 0 Å². The van der Waals surface area contributed by atoms with Gasteiger partial charge in [-0.05, 0) is 75.8 Å². The summed E-state index contributed by atoms with van der Waals surface area (Å²) in [6, 6.07) is 14.3. The second-order valence-electron chi connectivity index (χ2n) is 10.9. The minimum atomic E-state index is -0.507. The average molecular weight is 600 g/mol. The summed E-state index contributed by atoms with van der Waals surface area (Å²) >= 11 is 0. The molecule has 4 rings (SSSR count). The minimum Gasteiger partial charge on any atom is -0.380 e. The summed E-state index contributed by atoms with van der Waals surface area (Å²) in [6.07, 6.45) is 7.71. The van der Waals surface area contributed by atoms with E-state index in [0.717, 1.165) is 38.0 Å². The Morgan fingerprint density at radius 2 is 1.86 bits per heavy atom. The highest BCUT2D eigenvalue weighted by atomic mass is 16.2. The topological polar surface area (TPSA) is 158 Å². The molecule has 0 radical (unpaired) electrons. The van der Waals surface area contributed by atoms with Crippen molar-refractivity contribution in [3.63, 3.8) is 0 Å². The summed E-state index contributed by atoms with van der Waals surface area (Å²) in [5, 5.41) is 12.8. The van der Waals surface area contributed by atoms with Gasteiger partial charge in [-0.2, -0.15) is 4.98 Å². The predicted octanol–water partition coefficient (Wildman–Crippen LogP) is 3.91. The highest BCUT2D eigenvalue weighted by molar-refractivity contribution is 6.07. The number of rotatable bonds is 13. The van der Waals surface area contributed by atoms with Crippen LogP contribution in [0, 0.1) is 0 Å². The number of likely N-dealkylation sites (N-methyl/N-ethyl adjacent to an activating group) is 1. The zero-order valence-electron chi connectivity index (χ0n) is 25.5. The van der Waals surface area contributed by atoms with E-state index in [0.29, 0.717) is 47.4 Å². The van der Waals surface area contributed by atoms with Crippen LogP contribution in [0.5, 0.6) is 0 Å².